The van der Waals surface area contributed by atoms with Crippen LogP contribution in [0.15, 0.2) is 24.3 Å². The Morgan fingerprint density at radius 3 is 2.47 bits per heavy atom. The number of carbonyl (C=O) groups excluding carboxylic acids is 1. The maximum Gasteiger partial charge on any atom is 0.239 e. The predicted molar refractivity (Wildman–Crippen MR) is 60.5 cm³/mol. The number of hydrogen-bond acceptors (Lipinski definition) is 3. The van der Waals surface area contributed by atoms with E-state index in [0.29, 0.717) is 10.6 Å². The van der Waals surface area contributed by atoms with Crippen molar-refractivity contribution in [1.82, 2.24) is 0 Å². The molecule has 1 aliphatic rings. The summed E-state index contributed by atoms with van der Waals surface area (Å²) in [6.45, 7) is 0. The molecule has 2 rings (SSSR count). The molecular formula is C12H8ClN3O. The summed E-state index contributed by atoms with van der Waals surface area (Å²) in [6, 6.07) is 10.7. The molecule has 0 aliphatic heterocycles. The van der Waals surface area contributed by atoms with Crippen molar-refractivity contribution in [3.8, 4) is 12.1 Å². The highest BCUT2D eigenvalue weighted by atomic mass is 35.5. The maximum atomic E-state index is 11.4. The number of amides is 1. The third kappa shape index (κ3) is 1.39. The van der Waals surface area contributed by atoms with Gasteiger partial charge in [0.05, 0.1) is 18.1 Å². The summed E-state index contributed by atoms with van der Waals surface area (Å²) < 4.78 is 0. The highest BCUT2D eigenvalue weighted by Gasteiger charge is 2.71. The van der Waals surface area contributed by atoms with E-state index in [1.54, 1.807) is 24.3 Å². The van der Waals surface area contributed by atoms with Crippen LogP contribution in [0.4, 0.5) is 0 Å². The highest BCUT2D eigenvalue weighted by Crippen LogP contribution is 2.65. The summed E-state index contributed by atoms with van der Waals surface area (Å²) in [4.78, 5) is 11.4. The topological polar surface area (TPSA) is 90.7 Å². The van der Waals surface area contributed by atoms with Gasteiger partial charge < -0.3 is 5.73 Å². The normalized spacial score (nSPS) is 30.1. The predicted octanol–water partition coefficient (Wildman–Crippen LogP) is 1.57. The molecule has 0 aromatic heterocycles. The molecule has 5 heteroatoms. The third-order valence-corrected chi connectivity index (χ3v) is 3.52. The summed E-state index contributed by atoms with van der Waals surface area (Å²) >= 11 is 6.00. The molecule has 84 valence electrons. The Kier molecular flexibility index (Phi) is 2.53. The number of nitrogens with two attached hydrogens (primary N) is 1. The number of benzene rings is 1. The van der Waals surface area contributed by atoms with Crippen LogP contribution < -0.4 is 5.73 Å². The van der Waals surface area contributed by atoms with E-state index >= 15 is 0 Å². The Morgan fingerprint density at radius 2 is 2.06 bits per heavy atom. The van der Waals surface area contributed by atoms with Gasteiger partial charge in [-0.15, -0.1) is 0 Å². The van der Waals surface area contributed by atoms with Crippen LogP contribution in [-0.2, 0) is 4.79 Å². The van der Waals surface area contributed by atoms with Crippen molar-refractivity contribution in [2.75, 3.05) is 0 Å². The van der Waals surface area contributed by atoms with E-state index in [1.165, 1.54) is 0 Å². The minimum Gasteiger partial charge on any atom is -0.368 e. The second-order valence-electron chi connectivity index (χ2n) is 3.95. The fourth-order valence-electron chi connectivity index (χ4n) is 2.22. The highest BCUT2D eigenvalue weighted by molar-refractivity contribution is 6.31. The fraction of sp³-hybridized carbons (Fsp3) is 0.250. The molecule has 0 radical (unpaired) electrons. The SMILES string of the molecule is N#C[C@@H]1[C@H](c2ccccc2Cl)[C@]1(C#N)C(N)=O. The van der Waals surface area contributed by atoms with E-state index in [4.69, 9.17) is 27.9 Å². The molecular weight excluding hydrogens is 238 g/mol. The van der Waals surface area contributed by atoms with Gasteiger partial charge in [0, 0.05) is 10.9 Å². The van der Waals surface area contributed by atoms with E-state index in [0.717, 1.165) is 0 Å². The number of carbonyl (C=O) groups is 1. The zero-order valence-corrected chi connectivity index (χ0v) is 9.48. The van der Waals surface area contributed by atoms with Crippen molar-refractivity contribution >= 4 is 17.5 Å². The Bertz CT molecular complexity index is 572. The van der Waals surface area contributed by atoms with Crippen molar-refractivity contribution in [3.63, 3.8) is 0 Å². The number of rotatable bonds is 2. The first-order chi connectivity index (χ1) is 8.09. The van der Waals surface area contributed by atoms with Gasteiger partial charge in [-0.1, -0.05) is 29.8 Å². The summed E-state index contributed by atoms with van der Waals surface area (Å²) in [6.07, 6.45) is 0. The van der Waals surface area contributed by atoms with Gasteiger partial charge in [0.15, 0.2) is 5.41 Å². The Hall–Kier alpha value is -2.04. The number of halogens is 1. The molecule has 1 saturated carbocycles. The number of primary amides is 1. The van der Waals surface area contributed by atoms with Gasteiger partial charge in [0.1, 0.15) is 0 Å². The van der Waals surface area contributed by atoms with Crippen molar-refractivity contribution < 1.29 is 4.79 Å². The fourth-order valence-corrected chi connectivity index (χ4v) is 2.47. The van der Waals surface area contributed by atoms with Crippen molar-refractivity contribution in [2.45, 2.75) is 5.92 Å². The lowest BCUT2D eigenvalue weighted by Gasteiger charge is -2.04. The molecule has 1 aromatic carbocycles. The number of nitrogens with zero attached hydrogens (tertiary/aromatic N) is 2. The van der Waals surface area contributed by atoms with Crippen LogP contribution in [0, 0.1) is 34.0 Å². The minimum atomic E-state index is -1.43. The average molecular weight is 246 g/mol. The van der Waals surface area contributed by atoms with Gasteiger partial charge in [-0.3, -0.25) is 4.79 Å². The number of nitriles is 2. The monoisotopic (exact) mass is 245 g/mol. The molecule has 0 heterocycles. The van der Waals surface area contributed by atoms with Gasteiger partial charge in [-0.05, 0) is 11.6 Å². The van der Waals surface area contributed by atoms with Gasteiger partial charge in [0.25, 0.3) is 0 Å². The van der Waals surface area contributed by atoms with Gasteiger partial charge in [0.2, 0.25) is 5.91 Å². The molecule has 1 fully saturated rings. The minimum absolute atomic E-state index is 0.441. The average Bonchev–Trinajstić information content (AvgIpc) is 2.98. The largest absolute Gasteiger partial charge is 0.368 e. The van der Waals surface area contributed by atoms with Crippen LogP contribution >= 0.6 is 11.6 Å². The van der Waals surface area contributed by atoms with Crippen molar-refractivity contribution in [2.24, 2.45) is 17.1 Å². The van der Waals surface area contributed by atoms with Crippen LogP contribution in [-0.4, -0.2) is 5.91 Å². The first-order valence-corrected chi connectivity index (χ1v) is 5.32. The second-order valence-corrected chi connectivity index (χ2v) is 4.36. The Balaban J connectivity index is 2.51. The Labute approximate surface area is 103 Å². The molecule has 1 amide bonds. The number of hydrogen-bond donors (Lipinski definition) is 1. The smallest absolute Gasteiger partial charge is 0.239 e. The van der Waals surface area contributed by atoms with Gasteiger partial charge in [-0.25, -0.2) is 0 Å². The summed E-state index contributed by atoms with van der Waals surface area (Å²) in [5.41, 5.74) is 4.43. The summed E-state index contributed by atoms with van der Waals surface area (Å²) in [5, 5.41) is 18.5. The molecule has 0 saturated heterocycles. The van der Waals surface area contributed by atoms with Crippen LogP contribution in [0.25, 0.3) is 0 Å². The van der Waals surface area contributed by atoms with E-state index in [1.807, 2.05) is 12.1 Å². The van der Waals surface area contributed by atoms with Crippen molar-refractivity contribution in [3.05, 3.63) is 34.9 Å². The molecule has 0 bridgehead atoms. The van der Waals surface area contributed by atoms with E-state index in [-0.39, 0.29) is 0 Å². The quantitative estimate of drug-likeness (QED) is 0.857. The van der Waals surface area contributed by atoms with Gasteiger partial charge in [-0.2, -0.15) is 10.5 Å². The van der Waals surface area contributed by atoms with E-state index in [9.17, 15) is 4.79 Å². The molecule has 0 spiro atoms. The van der Waals surface area contributed by atoms with E-state index in [2.05, 4.69) is 0 Å². The first kappa shape index (κ1) is 11.4. The zero-order valence-electron chi connectivity index (χ0n) is 8.72. The third-order valence-electron chi connectivity index (χ3n) is 3.18. The molecule has 1 aliphatic carbocycles. The zero-order chi connectivity index (χ0) is 12.6. The van der Waals surface area contributed by atoms with Crippen LogP contribution in [0.2, 0.25) is 5.02 Å². The Morgan fingerprint density at radius 1 is 1.41 bits per heavy atom. The lowest BCUT2D eigenvalue weighted by molar-refractivity contribution is -0.121. The van der Waals surface area contributed by atoms with Crippen LogP contribution in [0.5, 0.6) is 0 Å². The maximum absolute atomic E-state index is 11.4. The summed E-state index contributed by atoms with van der Waals surface area (Å²) in [7, 11) is 0. The molecule has 4 nitrogen and oxygen atoms in total. The molecule has 3 atom stereocenters. The van der Waals surface area contributed by atoms with Crippen LogP contribution in [0.3, 0.4) is 0 Å². The van der Waals surface area contributed by atoms with Gasteiger partial charge >= 0.3 is 0 Å². The lowest BCUT2D eigenvalue weighted by atomic mass is 10.00. The lowest BCUT2D eigenvalue weighted by Crippen LogP contribution is -2.26. The summed E-state index contributed by atoms with van der Waals surface area (Å²) in [5.74, 6) is -2.01. The van der Waals surface area contributed by atoms with Crippen molar-refractivity contribution in [1.29, 1.82) is 10.5 Å². The standard InChI is InChI=1S/C12H8ClN3O/c13-9-4-2-1-3-7(9)10-8(5-14)12(10,6-15)11(16)17/h1-4,8,10H,(H2,16,17)/t8-,10+,12-/m1/s1. The van der Waals surface area contributed by atoms with E-state index < -0.39 is 23.2 Å². The molecule has 1 aromatic rings. The molecule has 0 unspecified atom stereocenters. The second kappa shape index (κ2) is 3.76. The van der Waals surface area contributed by atoms with Crippen LogP contribution in [0.1, 0.15) is 11.5 Å². The molecule has 2 N–H and O–H groups in total. The molecule has 17 heavy (non-hydrogen) atoms. The first-order valence-electron chi connectivity index (χ1n) is 4.94.